The molecule has 0 spiro atoms. The van der Waals surface area contributed by atoms with Crippen LogP contribution in [0.5, 0.6) is 46.0 Å². The molecular weight excluding hydrogens is 789 g/mol. The Morgan fingerprint density at radius 3 is 0.458 bits per heavy atom. The van der Waals surface area contributed by atoms with Crippen LogP contribution in [0.1, 0.15) is 0 Å². The van der Waals surface area contributed by atoms with Gasteiger partial charge in [0, 0.05) is 0 Å². The van der Waals surface area contributed by atoms with Crippen LogP contribution in [-0.4, -0.2) is 24.2 Å². The second kappa shape index (κ2) is 18.4. The van der Waals surface area contributed by atoms with Gasteiger partial charge >= 0.3 is 24.2 Å². The molecule has 8 aromatic rings. The van der Waals surface area contributed by atoms with Crippen molar-refractivity contribution in [3.05, 3.63) is 243 Å². The van der Waals surface area contributed by atoms with E-state index < -0.39 is 24.2 Å². The summed E-state index contributed by atoms with van der Waals surface area (Å²) in [6.07, 6.45) is 0. The fourth-order valence-corrected chi connectivity index (χ4v) is 26.5. The summed E-state index contributed by atoms with van der Waals surface area (Å²) < 4.78 is 60.0. The third kappa shape index (κ3) is 9.18. The zero-order chi connectivity index (χ0) is 40.1. The Hall–Kier alpha value is -7.19. The maximum atomic E-state index is 7.66. The lowest BCUT2D eigenvalue weighted by atomic mass is 10.3. The van der Waals surface area contributed by atoms with Gasteiger partial charge in [-0.25, -0.2) is 0 Å². The van der Waals surface area contributed by atoms with Crippen molar-refractivity contribution in [2.24, 2.45) is 0 Å². The van der Waals surface area contributed by atoms with Crippen molar-refractivity contribution in [3.63, 3.8) is 0 Å². The predicted octanol–water partition coefficient (Wildman–Crippen LogP) is 11.1. The third-order valence-electron chi connectivity index (χ3n) is 8.79. The van der Waals surface area contributed by atoms with Crippen LogP contribution in [0.3, 0.4) is 0 Å². The lowest BCUT2D eigenvalue weighted by Crippen LogP contribution is -2.95. The number of para-hydroxylation sites is 8. The van der Waals surface area contributed by atoms with Crippen molar-refractivity contribution in [2.45, 2.75) is 0 Å². The van der Waals surface area contributed by atoms with Crippen molar-refractivity contribution in [1.29, 1.82) is 0 Å². The standard InChI is InChI=1S/C48H40O8Si3/c1-9-25-41(26-10-1)49-57(50-42-27-11-2-12-28-42,51-43-29-13-3-14-30-43)59(55-47-37-21-7-22-38-47,56-48-39-23-8-24-40-48)58(52-44-31-15-4-16-32-44,53-45-33-17-5-18-34-45)54-46-35-19-6-20-36-46/h1-40H. The van der Waals surface area contributed by atoms with Crippen LogP contribution in [0.25, 0.3) is 0 Å². The molecule has 292 valence electrons. The molecule has 0 aliphatic rings. The summed E-state index contributed by atoms with van der Waals surface area (Å²) >= 11 is 0. The fourth-order valence-electron chi connectivity index (χ4n) is 6.16. The van der Waals surface area contributed by atoms with Crippen LogP contribution in [0.4, 0.5) is 0 Å². The highest BCUT2D eigenvalue weighted by atomic mass is 29.7. The van der Waals surface area contributed by atoms with Gasteiger partial charge in [0.25, 0.3) is 0 Å². The van der Waals surface area contributed by atoms with E-state index in [4.69, 9.17) is 35.4 Å². The van der Waals surface area contributed by atoms with Gasteiger partial charge in [-0.2, -0.15) is 0 Å². The molecule has 8 aromatic carbocycles. The van der Waals surface area contributed by atoms with E-state index in [1.165, 1.54) is 0 Å². The zero-order valence-corrected chi connectivity index (χ0v) is 34.9. The molecule has 59 heavy (non-hydrogen) atoms. The fraction of sp³-hybridized carbons (Fsp3) is 0. The molecule has 0 atom stereocenters. The molecule has 0 aromatic heterocycles. The maximum absolute atomic E-state index is 7.66. The van der Waals surface area contributed by atoms with E-state index in [1.54, 1.807) is 0 Å². The van der Waals surface area contributed by atoms with Gasteiger partial charge in [-0.1, -0.05) is 146 Å². The Balaban J connectivity index is 1.55. The van der Waals surface area contributed by atoms with Gasteiger partial charge < -0.3 is 35.4 Å². The number of hydrogen-bond acceptors (Lipinski definition) is 8. The van der Waals surface area contributed by atoms with E-state index in [0.717, 1.165) is 0 Å². The molecule has 0 fully saturated rings. The Morgan fingerprint density at radius 2 is 0.305 bits per heavy atom. The summed E-state index contributed by atoms with van der Waals surface area (Å²) in [6.45, 7) is 0. The van der Waals surface area contributed by atoms with Crippen molar-refractivity contribution < 1.29 is 35.4 Å². The molecule has 11 heteroatoms. The molecule has 0 heterocycles. The lowest BCUT2D eigenvalue weighted by molar-refractivity contribution is 0.228. The van der Waals surface area contributed by atoms with Gasteiger partial charge in [-0.15, -0.1) is 0 Å². The molecule has 0 unspecified atom stereocenters. The summed E-state index contributed by atoms with van der Waals surface area (Å²) in [5.74, 6) is 3.40. The second-order valence-electron chi connectivity index (χ2n) is 13.0. The van der Waals surface area contributed by atoms with Gasteiger partial charge in [0.2, 0.25) is 0 Å². The van der Waals surface area contributed by atoms with Crippen LogP contribution < -0.4 is 35.4 Å². The SMILES string of the molecule is c1ccc(O[Si](Oc2ccccc2)(Oc2ccccc2)[Si](Oc2ccccc2)(Oc2ccccc2)[Si](Oc2ccccc2)(Oc2ccccc2)Oc2ccccc2)cc1. The largest absolute Gasteiger partial charge is 0.769 e. The quantitative estimate of drug-likeness (QED) is 0.0792. The van der Waals surface area contributed by atoms with E-state index in [1.807, 2.05) is 243 Å². The smallest absolute Gasteiger partial charge is 0.503 e. The van der Waals surface area contributed by atoms with Gasteiger partial charge in [-0.05, 0) is 97.1 Å². The molecule has 0 saturated carbocycles. The second-order valence-corrected chi connectivity index (χ2v) is 27.3. The Morgan fingerprint density at radius 1 is 0.169 bits per heavy atom. The highest BCUT2D eigenvalue weighted by molar-refractivity contribution is 7.58. The van der Waals surface area contributed by atoms with E-state index in [0.29, 0.717) is 46.0 Å². The van der Waals surface area contributed by atoms with E-state index in [2.05, 4.69) is 0 Å². The molecule has 8 nitrogen and oxygen atoms in total. The minimum absolute atomic E-state index is 0.416. The summed E-state index contributed by atoms with van der Waals surface area (Å²) in [7, 11) is -14.7. The first-order valence-corrected chi connectivity index (χ1v) is 26.3. The highest BCUT2D eigenvalue weighted by Gasteiger charge is 3.00. The summed E-state index contributed by atoms with van der Waals surface area (Å²) in [5, 5.41) is 0. The van der Waals surface area contributed by atoms with Gasteiger partial charge in [-0.3, -0.25) is 0 Å². The molecule has 0 aliphatic carbocycles. The van der Waals surface area contributed by atoms with Gasteiger partial charge in [0.05, 0.1) is 0 Å². The molecule has 0 radical (unpaired) electrons. The third-order valence-corrected chi connectivity index (χ3v) is 27.9. The first-order chi connectivity index (χ1) is 29.1. The van der Waals surface area contributed by atoms with E-state index in [-0.39, 0.29) is 0 Å². The Kier molecular flexibility index (Phi) is 12.1. The minimum atomic E-state index is -4.99. The van der Waals surface area contributed by atoms with Crippen molar-refractivity contribution in [3.8, 4) is 46.0 Å². The van der Waals surface area contributed by atoms with Gasteiger partial charge in [0.15, 0.2) is 0 Å². The zero-order valence-electron chi connectivity index (χ0n) is 31.9. The molecule has 0 aliphatic heterocycles. The molecule has 0 saturated heterocycles. The summed E-state index contributed by atoms with van der Waals surface area (Å²) in [6, 6.07) is 74.8. The van der Waals surface area contributed by atoms with Crippen molar-refractivity contribution in [1.82, 2.24) is 0 Å². The summed E-state index contributed by atoms with van der Waals surface area (Å²) in [5.41, 5.74) is 0. The molecular formula is C48H40O8Si3. The maximum Gasteiger partial charge on any atom is 0.769 e. The molecule has 8 rings (SSSR count). The normalized spacial score (nSPS) is 11.4. The molecule has 0 bridgehead atoms. The highest BCUT2D eigenvalue weighted by Crippen LogP contribution is 2.41. The lowest BCUT2D eigenvalue weighted by Gasteiger charge is -2.45. The van der Waals surface area contributed by atoms with E-state index in [9.17, 15) is 0 Å². The van der Waals surface area contributed by atoms with Gasteiger partial charge in [0.1, 0.15) is 46.0 Å². The number of benzene rings is 8. The van der Waals surface area contributed by atoms with Crippen molar-refractivity contribution in [2.75, 3.05) is 0 Å². The predicted molar refractivity (Wildman–Crippen MR) is 234 cm³/mol. The number of hydrogen-bond donors (Lipinski definition) is 0. The first-order valence-electron chi connectivity index (χ1n) is 19.1. The number of rotatable bonds is 18. The summed E-state index contributed by atoms with van der Waals surface area (Å²) in [4.78, 5) is 0. The topological polar surface area (TPSA) is 73.8 Å². The Labute approximate surface area is 346 Å². The van der Waals surface area contributed by atoms with Crippen LogP contribution in [0.2, 0.25) is 0 Å². The van der Waals surface area contributed by atoms with Crippen LogP contribution >= 0.6 is 0 Å². The van der Waals surface area contributed by atoms with Crippen LogP contribution in [0.15, 0.2) is 243 Å². The van der Waals surface area contributed by atoms with Crippen LogP contribution in [-0.2, 0) is 0 Å². The average Bonchev–Trinajstić information content (AvgIpc) is 3.29. The van der Waals surface area contributed by atoms with Crippen molar-refractivity contribution >= 4 is 24.2 Å². The molecule has 0 N–H and O–H groups in total. The first kappa shape index (κ1) is 38.7. The Bertz CT molecular complexity index is 2060. The minimum Gasteiger partial charge on any atom is -0.503 e. The average molecular weight is 829 g/mol. The monoisotopic (exact) mass is 828 g/mol. The van der Waals surface area contributed by atoms with Crippen LogP contribution in [0, 0.1) is 0 Å². The molecule has 0 amide bonds. The van der Waals surface area contributed by atoms with E-state index >= 15 is 0 Å².